The molecule has 0 atom stereocenters. The Morgan fingerprint density at radius 1 is 1.19 bits per heavy atom. The average molecular weight is 368 g/mol. The number of ether oxygens (including phenoxy) is 1. The third kappa shape index (κ3) is 4.15. The van der Waals surface area contributed by atoms with Crippen LogP contribution in [0.2, 0.25) is 0 Å². The number of amides is 2. The molecule has 1 aromatic heterocycles. The number of nitrogens with one attached hydrogen (secondary N) is 1. The fraction of sp³-hybridized carbons (Fsp3) is 0.429. The first kappa shape index (κ1) is 19.0. The van der Waals surface area contributed by atoms with Gasteiger partial charge in [-0.15, -0.1) is 0 Å². The summed E-state index contributed by atoms with van der Waals surface area (Å²) in [6, 6.07) is 10.2. The molecule has 1 aliphatic heterocycles. The predicted molar refractivity (Wildman–Crippen MR) is 109 cm³/mol. The van der Waals surface area contributed by atoms with Crippen molar-refractivity contribution < 1.29 is 9.53 Å². The van der Waals surface area contributed by atoms with E-state index in [1.807, 2.05) is 17.9 Å². The van der Waals surface area contributed by atoms with Crippen LogP contribution in [-0.4, -0.2) is 49.2 Å². The molecule has 6 heteroatoms. The van der Waals surface area contributed by atoms with Gasteiger partial charge in [0.2, 0.25) is 5.88 Å². The number of rotatable bonds is 4. The number of hydrogen-bond donors (Lipinski definition) is 1. The average Bonchev–Trinajstić information content (AvgIpc) is 2.69. The Hall–Kier alpha value is -2.76. The van der Waals surface area contributed by atoms with E-state index in [0.717, 1.165) is 30.8 Å². The summed E-state index contributed by atoms with van der Waals surface area (Å²) in [7, 11) is 1.57. The number of methoxy groups -OCH3 is 1. The van der Waals surface area contributed by atoms with Gasteiger partial charge >= 0.3 is 6.03 Å². The minimum Gasteiger partial charge on any atom is -0.480 e. The number of carbonyl (C=O) groups excluding carboxylic acids is 1. The second-order valence-electron chi connectivity index (χ2n) is 6.83. The molecule has 1 N–H and O–H groups in total. The van der Waals surface area contributed by atoms with Crippen LogP contribution >= 0.6 is 0 Å². The van der Waals surface area contributed by atoms with E-state index < -0.39 is 0 Å². The van der Waals surface area contributed by atoms with Crippen molar-refractivity contribution in [2.75, 3.05) is 43.5 Å². The van der Waals surface area contributed by atoms with Gasteiger partial charge in [-0.2, -0.15) is 0 Å². The largest absolute Gasteiger partial charge is 0.480 e. The summed E-state index contributed by atoms with van der Waals surface area (Å²) in [4.78, 5) is 21.4. The second kappa shape index (κ2) is 8.29. The molecule has 1 saturated heterocycles. The number of carbonyl (C=O) groups is 1. The number of nitrogens with zero attached hydrogens (tertiary/aromatic N) is 3. The SMILES string of the molecule is CCc1cc(NC(=O)N2CCN(c3ccccc3C)CC2)c(OC)nc1C. The summed E-state index contributed by atoms with van der Waals surface area (Å²) in [6.45, 7) is 9.16. The Balaban J connectivity index is 1.66. The number of urea groups is 1. The van der Waals surface area contributed by atoms with E-state index in [9.17, 15) is 4.79 Å². The van der Waals surface area contributed by atoms with E-state index >= 15 is 0 Å². The van der Waals surface area contributed by atoms with E-state index in [0.29, 0.717) is 24.7 Å². The van der Waals surface area contributed by atoms with Crippen LogP contribution in [0.4, 0.5) is 16.2 Å². The topological polar surface area (TPSA) is 57.7 Å². The van der Waals surface area contributed by atoms with Gasteiger partial charge in [0.05, 0.1) is 7.11 Å². The molecular weight excluding hydrogens is 340 g/mol. The Labute approximate surface area is 161 Å². The number of aryl methyl sites for hydroxylation is 3. The molecule has 2 heterocycles. The van der Waals surface area contributed by atoms with Crippen molar-refractivity contribution in [1.82, 2.24) is 9.88 Å². The third-order valence-corrected chi connectivity index (χ3v) is 5.12. The van der Waals surface area contributed by atoms with Gasteiger partial charge in [-0.05, 0) is 43.5 Å². The Kier molecular flexibility index (Phi) is 5.84. The van der Waals surface area contributed by atoms with Crippen LogP contribution in [0, 0.1) is 13.8 Å². The number of piperazine rings is 1. The first-order chi connectivity index (χ1) is 13.0. The molecule has 2 amide bonds. The van der Waals surface area contributed by atoms with Gasteiger partial charge in [0.15, 0.2) is 0 Å². The summed E-state index contributed by atoms with van der Waals surface area (Å²) >= 11 is 0. The van der Waals surface area contributed by atoms with Gasteiger partial charge in [0.1, 0.15) is 5.69 Å². The summed E-state index contributed by atoms with van der Waals surface area (Å²) < 4.78 is 5.35. The third-order valence-electron chi connectivity index (χ3n) is 5.12. The molecule has 0 aliphatic carbocycles. The molecule has 0 saturated carbocycles. The number of aromatic nitrogens is 1. The van der Waals surface area contributed by atoms with E-state index in [4.69, 9.17) is 4.74 Å². The summed E-state index contributed by atoms with van der Waals surface area (Å²) in [5, 5.41) is 2.98. The smallest absolute Gasteiger partial charge is 0.322 e. The predicted octanol–water partition coefficient (Wildman–Crippen LogP) is 3.62. The quantitative estimate of drug-likeness (QED) is 0.895. The lowest BCUT2D eigenvalue weighted by molar-refractivity contribution is 0.208. The molecule has 0 spiro atoms. The molecule has 6 nitrogen and oxygen atoms in total. The lowest BCUT2D eigenvalue weighted by atomic mass is 10.1. The fourth-order valence-corrected chi connectivity index (χ4v) is 3.49. The van der Waals surface area contributed by atoms with Crippen molar-refractivity contribution >= 4 is 17.4 Å². The monoisotopic (exact) mass is 368 g/mol. The van der Waals surface area contributed by atoms with E-state index in [2.05, 4.69) is 53.3 Å². The summed E-state index contributed by atoms with van der Waals surface area (Å²) in [6.07, 6.45) is 0.862. The van der Waals surface area contributed by atoms with Gasteiger partial charge in [-0.25, -0.2) is 9.78 Å². The zero-order valence-electron chi connectivity index (χ0n) is 16.6. The molecule has 1 aromatic carbocycles. The molecule has 1 aliphatic rings. The minimum absolute atomic E-state index is 0.106. The maximum Gasteiger partial charge on any atom is 0.322 e. The standard InChI is InChI=1S/C21H28N4O2/c1-5-17-14-18(20(27-4)22-16(17)3)23-21(26)25-12-10-24(11-13-25)19-9-7-6-8-15(19)2/h6-9,14H,5,10-13H2,1-4H3,(H,23,26). The van der Waals surface area contributed by atoms with Gasteiger partial charge in [0.25, 0.3) is 0 Å². The van der Waals surface area contributed by atoms with Crippen molar-refractivity contribution in [3.8, 4) is 5.88 Å². The molecule has 3 rings (SSSR count). The number of pyridine rings is 1. The van der Waals surface area contributed by atoms with Crippen molar-refractivity contribution in [1.29, 1.82) is 0 Å². The van der Waals surface area contributed by atoms with Crippen molar-refractivity contribution in [2.24, 2.45) is 0 Å². The fourth-order valence-electron chi connectivity index (χ4n) is 3.49. The van der Waals surface area contributed by atoms with Crippen LogP contribution in [0.5, 0.6) is 5.88 Å². The first-order valence-electron chi connectivity index (χ1n) is 9.44. The van der Waals surface area contributed by atoms with Crippen molar-refractivity contribution in [3.05, 3.63) is 47.2 Å². The van der Waals surface area contributed by atoms with Crippen LogP contribution in [0.1, 0.15) is 23.7 Å². The van der Waals surface area contributed by atoms with Crippen LogP contribution in [0.25, 0.3) is 0 Å². The molecular formula is C21H28N4O2. The van der Waals surface area contributed by atoms with Crippen molar-refractivity contribution in [2.45, 2.75) is 27.2 Å². The second-order valence-corrected chi connectivity index (χ2v) is 6.83. The van der Waals surface area contributed by atoms with Crippen LogP contribution in [-0.2, 0) is 6.42 Å². The van der Waals surface area contributed by atoms with Gasteiger partial charge in [-0.1, -0.05) is 25.1 Å². The Bertz CT molecular complexity index is 814. The highest BCUT2D eigenvalue weighted by atomic mass is 16.5. The number of para-hydroxylation sites is 1. The summed E-state index contributed by atoms with van der Waals surface area (Å²) in [5.74, 6) is 0.455. The van der Waals surface area contributed by atoms with Crippen LogP contribution < -0.4 is 15.0 Å². The van der Waals surface area contributed by atoms with Crippen LogP contribution in [0.3, 0.4) is 0 Å². The molecule has 0 radical (unpaired) electrons. The number of hydrogen-bond acceptors (Lipinski definition) is 4. The molecule has 27 heavy (non-hydrogen) atoms. The normalized spacial score (nSPS) is 14.2. The zero-order valence-corrected chi connectivity index (χ0v) is 16.6. The van der Waals surface area contributed by atoms with Crippen LogP contribution in [0.15, 0.2) is 30.3 Å². The number of benzene rings is 1. The van der Waals surface area contributed by atoms with Gasteiger partial charge in [-0.3, -0.25) is 0 Å². The Morgan fingerprint density at radius 2 is 1.89 bits per heavy atom. The lowest BCUT2D eigenvalue weighted by Gasteiger charge is -2.36. The van der Waals surface area contributed by atoms with Gasteiger partial charge < -0.3 is 19.9 Å². The lowest BCUT2D eigenvalue weighted by Crippen LogP contribution is -2.50. The van der Waals surface area contributed by atoms with E-state index in [-0.39, 0.29) is 6.03 Å². The molecule has 0 unspecified atom stereocenters. The van der Waals surface area contributed by atoms with Gasteiger partial charge in [0, 0.05) is 37.6 Å². The first-order valence-corrected chi connectivity index (χ1v) is 9.44. The maximum absolute atomic E-state index is 12.7. The molecule has 2 aromatic rings. The minimum atomic E-state index is -0.106. The maximum atomic E-state index is 12.7. The van der Waals surface area contributed by atoms with Crippen molar-refractivity contribution in [3.63, 3.8) is 0 Å². The molecule has 1 fully saturated rings. The Morgan fingerprint density at radius 3 is 2.52 bits per heavy atom. The highest BCUT2D eigenvalue weighted by molar-refractivity contribution is 5.91. The summed E-state index contributed by atoms with van der Waals surface area (Å²) in [5.41, 5.74) is 5.17. The number of anilines is 2. The molecule has 144 valence electrons. The zero-order chi connectivity index (χ0) is 19.4. The highest BCUT2D eigenvalue weighted by Crippen LogP contribution is 2.26. The van der Waals surface area contributed by atoms with E-state index in [1.165, 1.54) is 11.3 Å². The highest BCUT2D eigenvalue weighted by Gasteiger charge is 2.23. The van der Waals surface area contributed by atoms with E-state index in [1.54, 1.807) is 7.11 Å². The molecule has 0 bridgehead atoms.